The van der Waals surface area contributed by atoms with Gasteiger partial charge in [0.25, 0.3) is 5.91 Å². The first-order valence-corrected chi connectivity index (χ1v) is 9.94. The van der Waals surface area contributed by atoms with Gasteiger partial charge in [0.1, 0.15) is 11.5 Å². The molecule has 4 aromatic rings. The molecule has 2 N–H and O–H groups in total. The van der Waals surface area contributed by atoms with Crippen LogP contribution in [0.5, 0.6) is 0 Å². The van der Waals surface area contributed by atoms with E-state index in [4.69, 9.17) is 27.6 Å². The highest BCUT2D eigenvalue weighted by Crippen LogP contribution is 2.31. The van der Waals surface area contributed by atoms with Gasteiger partial charge in [0.05, 0.1) is 17.8 Å². The Morgan fingerprint density at radius 3 is 2.67 bits per heavy atom. The lowest BCUT2D eigenvalue weighted by Gasteiger charge is -2.06. The molecule has 5 nitrogen and oxygen atoms in total. The SMILES string of the molecule is O=C(CNc1ccc2ccccc2c1)N/N=C\c1ccc(-c2cc(Cl)ccc2Cl)o1. The first-order chi connectivity index (χ1) is 14.6. The van der Waals surface area contributed by atoms with E-state index in [9.17, 15) is 4.79 Å². The van der Waals surface area contributed by atoms with Gasteiger partial charge in [-0.2, -0.15) is 5.10 Å². The fourth-order valence-electron chi connectivity index (χ4n) is 2.94. The standard InChI is InChI=1S/C23H17Cl2N3O2/c24-17-6-9-21(25)20(12-17)22-10-8-19(30-22)13-27-28-23(29)14-26-18-7-5-15-3-1-2-4-16(15)11-18/h1-13,26H,14H2,(H,28,29)/b27-13-. The van der Waals surface area contributed by atoms with Crippen LogP contribution in [-0.2, 0) is 4.79 Å². The normalized spacial score (nSPS) is 11.1. The minimum absolute atomic E-state index is 0.0945. The average molecular weight is 438 g/mol. The Hall–Kier alpha value is -3.28. The number of carbonyl (C=O) groups excluding carboxylic acids is 1. The van der Waals surface area contributed by atoms with Crippen molar-refractivity contribution >= 4 is 51.8 Å². The van der Waals surface area contributed by atoms with Crippen LogP contribution >= 0.6 is 23.2 Å². The van der Waals surface area contributed by atoms with E-state index in [1.54, 1.807) is 30.3 Å². The summed E-state index contributed by atoms with van der Waals surface area (Å²) in [6, 6.07) is 22.6. The van der Waals surface area contributed by atoms with Crippen LogP contribution < -0.4 is 10.7 Å². The van der Waals surface area contributed by atoms with Crippen molar-refractivity contribution < 1.29 is 9.21 Å². The summed E-state index contributed by atoms with van der Waals surface area (Å²) in [6.45, 7) is 0.0945. The lowest BCUT2D eigenvalue weighted by atomic mass is 10.1. The number of hydrazone groups is 1. The van der Waals surface area contributed by atoms with Crippen LogP contribution in [0, 0.1) is 0 Å². The van der Waals surface area contributed by atoms with Crippen molar-refractivity contribution in [2.75, 3.05) is 11.9 Å². The summed E-state index contributed by atoms with van der Waals surface area (Å²) in [5, 5.41) is 10.4. The molecule has 1 amide bonds. The highest BCUT2D eigenvalue weighted by atomic mass is 35.5. The van der Waals surface area contributed by atoms with Crippen molar-refractivity contribution in [2.24, 2.45) is 5.10 Å². The summed E-state index contributed by atoms with van der Waals surface area (Å²) in [6.07, 6.45) is 1.43. The van der Waals surface area contributed by atoms with Crippen molar-refractivity contribution in [3.8, 4) is 11.3 Å². The summed E-state index contributed by atoms with van der Waals surface area (Å²) in [4.78, 5) is 12.0. The molecule has 0 saturated carbocycles. The summed E-state index contributed by atoms with van der Waals surface area (Å²) in [5.74, 6) is 0.765. The number of nitrogens with one attached hydrogen (secondary N) is 2. The van der Waals surface area contributed by atoms with Crippen molar-refractivity contribution in [2.45, 2.75) is 0 Å². The molecule has 0 spiro atoms. The number of rotatable bonds is 6. The van der Waals surface area contributed by atoms with Crippen LogP contribution in [0.2, 0.25) is 10.0 Å². The molecule has 1 aromatic heterocycles. The first kappa shape index (κ1) is 20.0. The first-order valence-electron chi connectivity index (χ1n) is 9.18. The maximum atomic E-state index is 12.0. The maximum absolute atomic E-state index is 12.0. The maximum Gasteiger partial charge on any atom is 0.259 e. The molecular formula is C23H17Cl2N3O2. The van der Waals surface area contributed by atoms with Gasteiger partial charge in [0, 0.05) is 16.3 Å². The van der Waals surface area contributed by atoms with Gasteiger partial charge in [0.2, 0.25) is 0 Å². The van der Waals surface area contributed by atoms with Gasteiger partial charge >= 0.3 is 0 Å². The Balaban J connectivity index is 1.32. The zero-order valence-corrected chi connectivity index (χ0v) is 17.2. The third-order valence-corrected chi connectivity index (χ3v) is 4.97. The Labute approximate surface area is 183 Å². The van der Waals surface area contributed by atoms with Crippen LogP contribution in [0.1, 0.15) is 5.76 Å². The van der Waals surface area contributed by atoms with E-state index in [-0.39, 0.29) is 12.5 Å². The van der Waals surface area contributed by atoms with Gasteiger partial charge in [-0.05, 0) is 53.2 Å². The van der Waals surface area contributed by atoms with Gasteiger partial charge in [0.15, 0.2) is 0 Å². The van der Waals surface area contributed by atoms with Gasteiger partial charge < -0.3 is 9.73 Å². The van der Waals surface area contributed by atoms with Crippen molar-refractivity contribution in [1.29, 1.82) is 0 Å². The molecule has 0 unspecified atom stereocenters. The molecule has 0 saturated heterocycles. The number of furan rings is 1. The lowest BCUT2D eigenvalue weighted by Crippen LogP contribution is -2.25. The lowest BCUT2D eigenvalue weighted by molar-refractivity contribution is -0.119. The second-order valence-corrected chi connectivity index (χ2v) is 7.38. The molecule has 0 aliphatic heterocycles. The molecule has 0 fully saturated rings. The Morgan fingerprint density at radius 1 is 0.967 bits per heavy atom. The molecule has 4 rings (SSSR count). The van der Waals surface area contributed by atoms with Crippen LogP contribution in [0.25, 0.3) is 22.1 Å². The van der Waals surface area contributed by atoms with Crippen molar-refractivity contribution in [1.82, 2.24) is 5.43 Å². The molecule has 150 valence electrons. The molecule has 0 aliphatic carbocycles. The summed E-state index contributed by atoms with van der Waals surface area (Å²) in [7, 11) is 0. The van der Waals surface area contributed by atoms with E-state index in [1.807, 2.05) is 42.5 Å². The van der Waals surface area contributed by atoms with Gasteiger partial charge in [-0.25, -0.2) is 5.43 Å². The van der Waals surface area contributed by atoms with E-state index >= 15 is 0 Å². The van der Waals surface area contributed by atoms with Gasteiger partial charge in [-0.15, -0.1) is 0 Å². The highest BCUT2D eigenvalue weighted by Gasteiger charge is 2.09. The number of amides is 1. The largest absolute Gasteiger partial charge is 0.455 e. The Bertz CT molecular complexity index is 1230. The van der Waals surface area contributed by atoms with Gasteiger partial charge in [-0.3, -0.25) is 4.79 Å². The van der Waals surface area contributed by atoms with E-state index in [1.165, 1.54) is 6.21 Å². The van der Waals surface area contributed by atoms with Crippen LogP contribution in [0.4, 0.5) is 5.69 Å². The number of hydrogen-bond acceptors (Lipinski definition) is 4. The molecule has 1 heterocycles. The van der Waals surface area contributed by atoms with Gasteiger partial charge in [-0.1, -0.05) is 53.5 Å². The second-order valence-electron chi connectivity index (χ2n) is 6.53. The number of anilines is 1. The molecule has 0 bridgehead atoms. The summed E-state index contributed by atoms with van der Waals surface area (Å²) >= 11 is 12.2. The zero-order valence-electron chi connectivity index (χ0n) is 15.7. The molecule has 7 heteroatoms. The third kappa shape index (κ3) is 4.82. The quantitative estimate of drug-likeness (QED) is 0.288. The molecule has 30 heavy (non-hydrogen) atoms. The zero-order chi connectivity index (χ0) is 20.9. The fraction of sp³-hybridized carbons (Fsp3) is 0.0435. The minimum atomic E-state index is -0.274. The number of halogens is 2. The van der Waals surface area contributed by atoms with E-state index < -0.39 is 0 Å². The highest BCUT2D eigenvalue weighted by molar-refractivity contribution is 6.35. The molecule has 0 atom stereocenters. The number of fused-ring (bicyclic) bond motifs is 1. The Morgan fingerprint density at radius 2 is 1.80 bits per heavy atom. The molecular weight excluding hydrogens is 421 g/mol. The number of benzene rings is 3. The van der Waals surface area contributed by atoms with Crippen molar-refractivity contribution in [3.05, 3.63) is 88.6 Å². The molecule has 0 radical (unpaired) electrons. The predicted octanol–water partition coefficient (Wildman–Crippen LogP) is 5.97. The third-order valence-electron chi connectivity index (χ3n) is 4.40. The second kappa shape index (κ2) is 9.03. The van der Waals surface area contributed by atoms with E-state index in [2.05, 4.69) is 15.8 Å². The number of carbonyl (C=O) groups is 1. The minimum Gasteiger partial charge on any atom is -0.455 e. The fourth-order valence-corrected chi connectivity index (χ4v) is 3.33. The topological polar surface area (TPSA) is 66.6 Å². The smallest absolute Gasteiger partial charge is 0.259 e. The summed E-state index contributed by atoms with van der Waals surface area (Å²) in [5.41, 5.74) is 4.02. The Kier molecular flexibility index (Phi) is 6.02. The number of nitrogens with zero attached hydrogens (tertiary/aromatic N) is 1. The molecule has 3 aromatic carbocycles. The molecule has 0 aliphatic rings. The van der Waals surface area contributed by atoms with Crippen LogP contribution in [0.15, 0.2) is 82.3 Å². The van der Waals surface area contributed by atoms with E-state index in [0.717, 1.165) is 16.5 Å². The monoisotopic (exact) mass is 437 g/mol. The predicted molar refractivity (Wildman–Crippen MR) is 122 cm³/mol. The van der Waals surface area contributed by atoms with Crippen LogP contribution in [0.3, 0.4) is 0 Å². The van der Waals surface area contributed by atoms with Crippen LogP contribution in [-0.4, -0.2) is 18.7 Å². The van der Waals surface area contributed by atoms with E-state index in [0.29, 0.717) is 27.1 Å². The average Bonchev–Trinajstić information content (AvgIpc) is 3.22. The van der Waals surface area contributed by atoms with Crippen molar-refractivity contribution in [3.63, 3.8) is 0 Å². The summed E-state index contributed by atoms with van der Waals surface area (Å²) < 4.78 is 5.70. The number of hydrogen-bond donors (Lipinski definition) is 2.